The van der Waals surface area contributed by atoms with Gasteiger partial charge in [0, 0.05) is 31.4 Å². The summed E-state index contributed by atoms with van der Waals surface area (Å²) in [5.41, 5.74) is 1.31. The molecule has 0 saturated heterocycles. The summed E-state index contributed by atoms with van der Waals surface area (Å²) < 4.78 is 1.78. The molecule has 1 saturated carbocycles. The van der Waals surface area contributed by atoms with Gasteiger partial charge in [0.1, 0.15) is 0 Å². The van der Waals surface area contributed by atoms with Gasteiger partial charge in [-0.05, 0) is 19.8 Å². The lowest BCUT2D eigenvalue weighted by molar-refractivity contribution is 0.00719. The van der Waals surface area contributed by atoms with Crippen molar-refractivity contribution in [3.63, 3.8) is 0 Å². The molecule has 0 aliphatic heterocycles. The van der Waals surface area contributed by atoms with Gasteiger partial charge >= 0.3 is 6.03 Å². The fourth-order valence-electron chi connectivity index (χ4n) is 2.59. The van der Waals surface area contributed by atoms with Crippen LogP contribution >= 0.6 is 0 Å². The fraction of sp³-hybridized carbons (Fsp3) is 0.714. The standard InChI is InChI=1S/C14H24N4O2/c1-11-12(9-17-18(11)2)8-15-13(19)16-10-14(20)6-4-3-5-7-14/h9,20H,3-8,10H2,1-2H3,(H2,15,16,19). The SMILES string of the molecule is Cc1c(CNC(=O)NCC2(O)CCCCC2)cnn1C. The van der Waals surface area contributed by atoms with Gasteiger partial charge in [-0.2, -0.15) is 5.10 Å². The highest BCUT2D eigenvalue weighted by molar-refractivity contribution is 5.73. The van der Waals surface area contributed by atoms with E-state index in [0.29, 0.717) is 13.1 Å². The molecule has 6 nitrogen and oxygen atoms in total. The van der Waals surface area contributed by atoms with Crippen molar-refractivity contribution < 1.29 is 9.90 Å². The Morgan fingerprint density at radius 1 is 1.40 bits per heavy atom. The molecule has 1 aromatic heterocycles. The van der Waals surface area contributed by atoms with Crippen LogP contribution in [0.15, 0.2) is 6.20 Å². The third-order valence-corrected chi connectivity index (χ3v) is 4.14. The van der Waals surface area contributed by atoms with Gasteiger partial charge < -0.3 is 15.7 Å². The first kappa shape index (κ1) is 14.8. The van der Waals surface area contributed by atoms with E-state index >= 15 is 0 Å². The highest BCUT2D eigenvalue weighted by atomic mass is 16.3. The van der Waals surface area contributed by atoms with Gasteiger partial charge in [-0.25, -0.2) is 4.79 Å². The average Bonchev–Trinajstić information content (AvgIpc) is 2.75. The Morgan fingerprint density at radius 3 is 2.70 bits per heavy atom. The number of carbonyl (C=O) groups is 1. The summed E-state index contributed by atoms with van der Waals surface area (Å²) >= 11 is 0. The van der Waals surface area contributed by atoms with E-state index in [-0.39, 0.29) is 6.03 Å². The van der Waals surface area contributed by atoms with Crippen molar-refractivity contribution in [1.82, 2.24) is 20.4 Å². The molecule has 2 amide bonds. The van der Waals surface area contributed by atoms with Gasteiger partial charge in [-0.15, -0.1) is 0 Å². The quantitative estimate of drug-likeness (QED) is 0.776. The van der Waals surface area contributed by atoms with E-state index in [4.69, 9.17) is 0 Å². The minimum atomic E-state index is -0.722. The molecular weight excluding hydrogens is 256 g/mol. The fourth-order valence-corrected chi connectivity index (χ4v) is 2.59. The molecule has 3 N–H and O–H groups in total. The summed E-state index contributed by atoms with van der Waals surface area (Å²) in [4.78, 5) is 11.8. The molecule has 0 bridgehead atoms. The lowest BCUT2D eigenvalue weighted by atomic mass is 9.85. The van der Waals surface area contributed by atoms with E-state index in [1.807, 2.05) is 14.0 Å². The largest absolute Gasteiger partial charge is 0.388 e. The molecule has 0 atom stereocenters. The lowest BCUT2D eigenvalue weighted by Crippen LogP contribution is -2.47. The highest BCUT2D eigenvalue weighted by Crippen LogP contribution is 2.27. The first-order chi connectivity index (χ1) is 9.50. The Morgan fingerprint density at radius 2 is 2.10 bits per heavy atom. The van der Waals surface area contributed by atoms with E-state index in [1.165, 1.54) is 6.42 Å². The molecule has 20 heavy (non-hydrogen) atoms. The molecule has 1 aliphatic carbocycles. The van der Waals surface area contributed by atoms with E-state index in [0.717, 1.165) is 36.9 Å². The van der Waals surface area contributed by atoms with Gasteiger partial charge in [0.05, 0.1) is 11.8 Å². The Balaban J connectivity index is 1.74. The van der Waals surface area contributed by atoms with Gasteiger partial charge in [-0.1, -0.05) is 19.3 Å². The number of aryl methyl sites for hydroxylation is 1. The van der Waals surface area contributed by atoms with Crippen LogP contribution in [0.3, 0.4) is 0 Å². The summed E-state index contributed by atoms with van der Waals surface area (Å²) in [6.45, 7) is 2.74. The maximum atomic E-state index is 11.8. The summed E-state index contributed by atoms with van der Waals surface area (Å²) in [7, 11) is 1.87. The summed E-state index contributed by atoms with van der Waals surface area (Å²) in [6.07, 6.45) is 6.55. The minimum absolute atomic E-state index is 0.243. The van der Waals surface area contributed by atoms with Crippen LogP contribution in [0.4, 0.5) is 4.79 Å². The first-order valence-electron chi connectivity index (χ1n) is 7.22. The van der Waals surface area contributed by atoms with Crippen LogP contribution < -0.4 is 10.6 Å². The van der Waals surface area contributed by atoms with Crippen LogP contribution in [0, 0.1) is 6.92 Å². The molecule has 1 heterocycles. The number of urea groups is 1. The summed E-state index contributed by atoms with van der Waals surface area (Å²) in [6, 6.07) is -0.243. The Labute approximate surface area is 119 Å². The topological polar surface area (TPSA) is 79.2 Å². The van der Waals surface area contributed by atoms with Crippen molar-refractivity contribution in [3.05, 3.63) is 17.5 Å². The van der Waals surface area contributed by atoms with Gasteiger partial charge in [0.15, 0.2) is 0 Å². The number of nitrogens with zero attached hydrogens (tertiary/aromatic N) is 2. The number of carbonyl (C=O) groups excluding carboxylic acids is 1. The molecule has 0 unspecified atom stereocenters. The molecular formula is C14H24N4O2. The average molecular weight is 280 g/mol. The van der Waals surface area contributed by atoms with Crippen molar-refractivity contribution in [2.75, 3.05) is 6.54 Å². The Hall–Kier alpha value is -1.56. The lowest BCUT2D eigenvalue weighted by Gasteiger charge is -2.32. The molecule has 1 fully saturated rings. The van der Waals surface area contributed by atoms with Crippen molar-refractivity contribution in [3.8, 4) is 0 Å². The monoisotopic (exact) mass is 280 g/mol. The number of nitrogens with one attached hydrogen (secondary N) is 2. The third-order valence-electron chi connectivity index (χ3n) is 4.14. The summed E-state index contributed by atoms with van der Waals surface area (Å²) in [5, 5.41) is 20.0. The van der Waals surface area contributed by atoms with Crippen molar-refractivity contribution in [2.24, 2.45) is 7.05 Å². The second-order valence-electron chi connectivity index (χ2n) is 5.70. The predicted molar refractivity (Wildman–Crippen MR) is 76.2 cm³/mol. The number of hydrogen-bond acceptors (Lipinski definition) is 3. The van der Waals surface area contributed by atoms with Crippen molar-refractivity contribution in [1.29, 1.82) is 0 Å². The smallest absolute Gasteiger partial charge is 0.315 e. The Kier molecular flexibility index (Phi) is 4.65. The van der Waals surface area contributed by atoms with Gasteiger partial charge in [0.25, 0.3) is 0 Å². The highest BCUT2D eigenvalue weighted by Gasteiger charge is 2.29. The molecule has 0 radical (unpaired) electrons. The minimum Gasteiger partial charge on any atom is -0.388 e. The number of aliphatic hydroxyl groups is 1. The second-order valence-corrected chi connectivity index (χ2v) is 5.70. The zero-order valence-electron chi connectivity index (χ0n) is 12.3. The van der Waals surface area contributed by atoms with E-state index in [2.05, 4.69) is 15.7 Å². The van der Waals surface area contributed by atoms with Crippen LogP contribution in [0.25, 0.3) is 0 Å². The van der Waals surface area contributed by atoms with Crippen molar-refractivity contribution in [2.45, 2.75) is 51.2 Å². The molecule has 1 aliphatic rings. The molecule has 0 spiro atoms. The van der Waals surface area contributed by atoms with Crippen LogP contribution in [-0.2, 0) is 13.6 Å². The van der Waals surface area contributed by atoms with E-state index < -0.39 is 5.60 Å². The number of hydrogen-bond donors (Lipinski definition) is 3. The normalized spacial score (nSPS) is 17.8. The van der Waals surface area contributed by atoms with E-state index in [1.54, 1.807) is 10.9 Å². The first-order valence-corrected chi connectivity index (χ1v) is 7.22. The van der Waals surface area contributed by atoms with Crippen LogP contribution in [-0.4, -0.2) is 33.1 Å². The number of aromatic nitrogens is 2. The maximum Gasteiger partial charge on any atom is 0.315 e. The van der Waals surface area contributed by atoms with Crippen LogP contribution in [0.5, 0.6) is 0 Å². The number of rotatable bonds is 4. The Bertz CT molecular complexity index is 464. The molecule has 2 rings (SSSR count). The molecule has 112 valence electrons. The predicted octanol–water partition coefficient (Wildman–Crippen LogP) is 1.22. The zero-order chi connectivity index (χ0) is 14.6. The summed E-state index contributed by atoms with van der Waals surface area (Å²) in [5.74, 6) is 0. The molecule has 0 aromatic carbocycles. The van der Waals surface area contributed by atoms with Crippen LogP contribution in [0.2, 0.25) is 0 Å². The third kappa shape index (κ3) is 3.72. The van der Waals surface area contributed by atoms with E-state index in [9.17, 15) is 9.90 Å². The zero-order valence-corrected chi connectivity index (χ0v) is 12.3. The molecule has 6 heteroatoms. The van der Waals surface area contributed by atoms with Crippen LogP contribution in [0.1, 0.15) is 43.4 Å². The van der Waals surface area contributed by atoms with Gasteiger partial charge in [-0.3, -0.25) is 4.68 Å². The number of amides is 2. The second kappa shape index (κ2) is 6.26. The van der Waals surface area contributed by atoms with Gasteiger partial charge in [0.2, 0.25) is 0 Å². The van der Waals surface area contributed by atoms with Crippen molar-refractivity contribution >= 4 is 6.03 Å². The maximum absolute atomic E-state index is 11.8. The molecule has 1 aromatic rings.